The van der Waals surface area contributed by atoms with E-state index >= 15 is 0 Å². The first-order chi connectivity index (χ1) is 10.4. The van der Waals surface area contributed by atoms with Crippen LogP contribution < -0.4 is 0 Å². The lowest BCUT2D eigenvalue weighted by Crippen LogP contribution is -2.39. The molecule has 0 saturated heterocycles. The molecule has 0 N–H and O–H groups in total. The number of hydrogen-bond donors (Lipinski definition) is 0. The Morgan fingerprint density at radius 3 is 2.82 bits per heavy atom. The van der Waals surface area contributed by atoms with Crippen LogP contribution in [0.3, 0.4) is 0 Å². The van der Waals surface area contributed by atoms with E-state index in [0.717, 1.165) is 17.6 Å². The Kier molecular flexibility index (Phi) is 3.60. The van der Waals surface area contributed by atoms with Crippen molar-refractivity contribution in [2.24, 2.45) is 0 Å². The van der Waals surface area contributed by atoms with Crippen molar-refractivity contribution in [2.45, 2.75) is 32.8 Å². The van der Waals surface area contributed by atoms with Gasteiger partial charge in [-0.25, -0.2) is 14.3 Å². The minimum absolute atomic E-state index is 0.255. The van der Waals surface area contributed by atoms with Crippen LogP contribution in [0, 0.1) is 0 Å². The van der Waals surface area contributed by atoms with E-state index in [-0.39, 0.29) is 6.09 Å². The second kappa shape index (κ2) is 5.44. The van der Waals surface area contributed by atoms with Gasteiger partial charge in [0.25, 0.3) is 0 Å². The summed E-state index contributed by atoms with van der Waals surface area (Å²) in [6.45, 7) is 6.87. The minimum Gasteiger partial charge on any atom is -0.444 e. The van der Waals surface area contributed by atoms with Crippen LogP contribution in [-0.4, -0.2) is 44.3 Å². The third-order valence-electron chi connectivity index (χ3n) is 3.51. The number of amides is 1. The van der Waals surface area contributed by atoms with E-state index in [9.17, 15) is 4.79 Å². The van der Waals surface area contributed by atoms with Gasteiger partial charge in [0, 0.05) is 19.3 Å². The lowest BCUT2D eigenvalue weighted by molar-refractivity contribution is 0.0270. The zero-order chi connectivity index (χ0) is 15.7. The van der Waals surface area contributed by atoms with Crippen LogP contribution in [-0.2, 0) is 4.74 Å². The molecule has 0 aromatic carbocycles. The molecule has 2 aromatic rings. The molecule has 6 nitrogen and oxygen atoms in total. The van der Waals surface area contributed by atoms with E-state index in [1.807, 2.05) is 39.1 Å². The Morgan fingerprint density at radius 2 is 2.14 bits per heavy atom. The van der Waals surface area contributed by atoms with Crippen LogP contribution in [0.2, 0.25) is 0 Å². The summed E-state index contributed by atoms with van der Waals surface area (Å²) in [6, 6.07) is 3.99. The van der Waals surface area contributed by atoms with Gasteiger partial charge in [-0.3, -0.25) is 0 Å². The predicted molar refractivity (Wildman–Crippen MR) is 83.4 cm³/mol. The molecule has 2 aromatic heterocycles. The van der Waals surface area contributed by atoms with Gasteiger partial charge in [-0.1, -0.05) is 6.08 Å². The lowest BCUT2D eigenvalue weighted by Gasteiger charge is -2.29. The van der Waals surface area contributed by atoms with Crippen LogP contribution in [0.1, 0.15) is 32.8 Å². The highest BCUT2D eigenvalue weighted by Crippen LogP contribution is 2.23. The maximum atomic E-state index is 12.0. The first kappa shape index (κ1) is 14.6. The van der Waals surface area contributed by atoms with Crippen LogP contribution in [0.25, 0.3) is 11.2 Å². The molecule has 0 atom stereocenters. The fraction of sp³-hybridized carbons (Fsp3) is 0.438. The molecule has 6 heteroatoms. The summed E-state index contributed by atoms with van der Waals surface area (Å²) >= 11 is 0. The molecule has 0 unspecified atom stereocenters. The number of carbonyl (C=O) groups is 1. The zero-order valence-corrected chi connectivity index (χ0v) is 13.1. The van der Waals surface area contributed by atoms with E-state index in [4.69, 9.17) is 4.74 Å². The number of fused-ring (bicyclic) bond motifs is 1. The highest BCUT2D eigenvalue weighted by Gasteiger charge is 2.23. The van der Waals surface area contributed by atoms with Crippen LogP contribution in [0.15, 0.2) is 30.7 Å². The number of pyridine rings is 1. The van der Waals surface area contributed by atoms with Gasteiger partial charge in [0.05, 0.1) is 0 Å². The Labute approximate surface area is 129 Å². The number of ether oxygens (including phenoxy) is 1. The second-order valence-corrected chi connectivity index (χ2v) is 6.39. The molecule has 1 aliphatic rings. The molecule has 1 aliphatic heterocycles. The highest BCUT2D eigenvalue weighted by atomic mass is 16.6. The Hall–Kier alpha value is -2.37. The third kappa shape index (κ3) is 3.10. The molecule has 0 fully saturated rings. The monoisotopic (exact) mass is 300 g/mol. The topological polar surface area (TPSA) is 59.7 Å². The Bertz CT molecular complexity index is 727. The van der Waals surface area contributed by atoms with Gasteiger partial charge < -0.3 is 9.64 Å². The van der Waals surface area contributed by atoms with E-state index in [1.165, 1.54) is 5.57 Å². The fourth-order valence-electron chi connectivity index (χ4n) is 2.43. The van der Waals surface area contributed by atoms with Gasteiger partial charge in [0.1, 0.15) is 11.9 Å². The molecule has 3 heterocycles. The Morgan fingerprint density at radius 1 is 1.32 bits per heavy atom. The van der Waals surface area contributed by atoms with Crippen LogP contribution in [0.4, 0.5) is 4.79 Å². The number of carbonyl (C=O) groups excluding carboxylic acids is 1. The summed E-state index contributed by atoms with van der Waals surface area (Å²) in [5.74, 6) is 0. The van der Waals surface area contributed by atoms with Gasteiger partial charge in [0.2, 0.25) is 0 Å². The summed E-state index contributed by atoms with van der Waals surface area (Å²) in [7, 11) is 0. The molecule has 0 bridgehead atoms. The molecule has 116 valence electrons. The van der Waals surface area contributed by atoms with E-state index < -0.39 is 5.60 Å². The molecule has 0 aliphatic carbocycles. The van der Waals surface area contributed by atoms with Crippen molar-refractivity contribution < 1.29 is 9.53 Å². The summed E-state index contributed by atoms with van der Waals surface area (Å²) in [5, 5.41) is 4.15. The number of nitrogens with zero attached hydrogens (tertiary/aromatic N) is 4. The summed E-state index contributed by atoms with van der Waals surface area (Å²) in [6.07, 6.45) is 6.13. The highest BCUT2D eigenvalue weighted by molar-refractivity contribution is 5.72. The number of hydrogen-bond acceptors (Lipinski definition) is 4. The third-order valence-corrected chi connectivity index (χ3v) is 3.51. The first-order valence-electron chi connectivity index (χ1n) is 7.39. The fourth-order valence-corrected chi connectivity index (χ4v) is 2.43. The van der Waals surface area contributed by atoms with E-state index in [2.05, 4.69) is 16.2 Å². The maximum absolute atomic E-state index is 12.0. The normalized spacial score (nSPS) is 15.8. The van der Waals surface area contributed by atoms with Gasteiger partial charge in [0.15, 0.2) is 5.65 Å². The predicted octanol–water partition coefficient (Wildman–Crippen LogP) is 2.75. The SMILES string of the molecule is CC(C)(C)OC(=O)N1CC=C(c2ccc3ncnn3c2)CC1. The van der Waals surface area contributed by atoms with Crippen molar-refractivity contribution in [3.8, 4) is 0 Å². The largest absolute Gasteiger partial charge is 0.444 e. The maximum Gasteiger partial charge on any atom is 0.410 e. The van der Waals surface area contributed by atoms with Crippen molar-refractivity contribution in [3.05, 3.63) is 36.3 Å². The second-order valence-electron chi connectivity index (χ2n) is 6.39. The number of rotatable bonds is 1. The van der Waals surface area contributed by atoms with Gasteiger partial charge in [-0.2, -0.15) is 5.10 Å². The van der Waals surface area contributed by atoms with Crippen LogP contribution >= 0.6 is 0 Å². The van der Waals surface area contributed by atoms with Crippen LogP contribution in [0.5, 0.6) is 0 Å². The van der Waals surface area contributed by atoms with Crippen molar-refractivity contribution in [2.75, 3.05) is 13.1 Å². The van der Waals surface area contributed by atoms with Gasteiger partial charge in [-0.15, -0.1) is 0 Å². The molecule has 0 radical (unpaired) electrons. The average molecular weight is 300 g/mol. The summed E-state index contributed by atoms with van der Waals surface area (Å²) in [5.41, 5.74) is 2.70. The Balaban J connectivity index is 1.72. The minimum atomic E-state index is -0.459. The molecular weight excluding hydrogens is 280 g/mol. The lowest BCUT2D eigenvalue weighted by atomic mass is 10.0. The van der Waals surface area contributed by atoms with Gasteiger partial charge >= 0.3 is 6.09 Å². The quantitative estimate of drug-likeness (QED) is 0.812. The van der Waals surface area contributed by atoms with Crippen molar-refractivity contribution >= 4 is 17.3 Å². The summed E-state index contributed by atoms with van der Waals surface area (Å²) < 4.78 is 7.16. The molecule has 1 amide bonds. The van der Waals surface area contributed by atoms with Gasteiger partial charge in [-0.05, 0) is 50.5 Å². The van der Waals surface area contributed by atoms with Crippen molar-refractivity contribution in [1.82, 2.24) is 19.5 Å². The zero-order valence-electron chi connectivity index (χ0n) is 13.1. The smallest absolute Gasteiger partial charge is 0.410 e. The van der Waals surface area contributed by atoms with Crippen molar-refractivity contribution in [1.29, 1.82) is 0 Å². The standard InChI is InChI=1S/C16H20N4O2/c1-16(2,3)22-15(21)19-8-6-12(7-9-19)13-4-5-14-17-11-18-20(14)10-13/h4-6,10-11H,7-9H2,1-3H3. The van der Waals surface area contributed by atoms with Crippen molar-refractivity contribution in [3.63, 3.8) is 0 Å². The molecule has 0 spiro atoms. The molecule has 3 rings (SSSR count). The molecule has 0 saturated carbocycles. The van der Waals surface area contributed by atoms with E-state index in [1.54, 1.807) is 15.7 Å². The number of aromatic nitrogens is 3. The van der Waals surface area contributed by atoms with E-state index in [0.29, 0.717) is 13.1 Å². The molecule has 22 heavy (non-hydrogen) atoms. The first-order valence-corrected chi connectivity index (χ1v) is 7.39. The average Bonchev–Trinajstić information content (AvgIpc) is 2.93. The summed E-state index contributed by atoms with van der Waals surface area (Å²) in [4.78, 5) is 17.9. The molecular formula is C16H20N4O2.